The highest BCUT2D eigenvalue weighted by molar-refractivity contribution is 5.90. The first kappa shape index (κ1) is 13.3. The van der Waals surface area contributed by atoms with E-state index in [9.17, 15) is 0 Å². The fraction of sp³-hybridized carbons (Fsp3) is 0.278. The van der Waals surface area contributed by atoms with Crippen LogP contribution in [-0.4, -0.2) is 35.7 Å². The van der Waals surface area contributed by atoms with E-state index in [1.165, 1.54) is 16.5 Å². The number of pyridine rings is 1. The van der Waals surface area contributed by atoms with Crippen LogP contribution >= 0.6 is 0 Å². The van der Waals surface area contributed by atoms with Gasteiger partial charge in [-0.2, -0.15) is 0 Å². The average molecular weight is 292 g/mol. The van der Waals surface area contributed by atoms with Gasteiger partial charge in [0.25, 0.3) is 0 Å². The highest BCUT2D eigenvalue weighted by atomic mass is 15.2. The second-order valence-electron chi connectivity index (χ2n) is 5.73. The number of hydrogen-bond acceptors (Lipinski definition) is 3. The molecule has 2 aromatic heterocycles. The molecule has 1 aromatic carbocycles. The molecule has 112 valence electrons. The largest absolute Gasteiger partial charge is 0.354 e. The van der Waals surface area contributed by atoms with Crippen LogP contribution < -0.4 is 10.2 Å². The van der Waals surface area contributed by atoms with Crippen LogP contribution in [0.1, 0.15) is 5.56 Å². The van der Waals surface area contributed by atoms with Crippen molar-refractivity contribution in [1.29, 1.82) is 0 Å². The van der Waals surface area contributed by atoms with Crippen LogP contribution in [0.15, 0.2) is 54.9 Å². The Bertz CT molecular complexity index is 757. The van der Waals surface area contributed by atoms with Crippen molar-refractivity contribution in [1.82, 2.24) is 14.9 Å². The summed E-state index contributed by atoms with van der Waals surface area (Å²) in [5.74, 6) is 1.12. The number of rotatable bonds is 3. The number of benzene rings is 1. The molecular formula is C18H20N4. The summed E-state index contributed by atoms with van der Waals surface area (Å²) < 4.78 is 2.30. The highest BCUT2D eigenvalue weighted by Gasteiger charge is 2.15. The minimum atomic E-state index is 0.898. The molecule has 0 radical (unpaired) electrons. The zero-order valence-corrected chi connectivity index (χ0v) is 12.6. The van der Waals surface area contributed by atoms with Crippen LogP contribution in [0.4, 0.5) is 5.82 Å². The van der Waals surface area contributed by atoms with Crippen molar-refractivity contribution in [2.75, 3.05) is 31.1 Å². The Morgan fingerprint density at radius 2 is 1.82 bits per heavy atom. The predicted octanol–water partition coefficient (Wildman–Crippen LogP) is 2.49. The summed E-state index contributed by atoms with van der Waals surface area (Å²) >= 11 is 0. The third-order valence-electron chi connectivity index (χ3n) is 4.29. The topological polar surface area (TPSA) is 33.1 Å². The van der Waals surface area contributed by atoms with Crippen molar-refractivity contribution >= 4 is 16.7 Å². The number of nitrogens with zero attached hydrogens (tertiary/aromatic N) is 3. The fourth-order valence-corrected chi connectivity index (χ4v) is 3.15. The summed E-state index contributed by atoms with van der Waals surface area (Å²) in [4.78, 5) is 7.02. The lowest BCUT2D eigenvalue weighted by Gasteiger charge is -2.28. The predicted molar refractivity (Wildman–Crippen MR) is 90.4 cm³/mol. The lowest BCUT2D eigenvalue weighted by atomic mass is 10.2. The summed E-state index contributed by atoms with van der Waals surface area (Å²) in [6.07, 6.45) is 4.10. The Morgan fingerprint density at radius 1 is 1.00 bits per heavy atom. The lowest BCUT2D eigenvalue weighted by Crippen LogP contribution is -2.43. The van der Waals surface area contributed by atoms with Crippen LogP contribution in [0.2, 0.25) is 0 Å². The Labute approximate surface area is 130 Å². The van der Waals surface area contributed by atoms with Gasteiger partial charge in [-0.1, -0.05) is 30.3 Å². The summed E-state index contributed by atoms with van der Waals surface area (Å²) in [5.41, 5.74) is 2.58. The number of fused-ring (bicyclic) bond motifs is 1. The monoisotopic (exact) mass is 292 g/mol. The second-order valence-corrected chi connectivity index (χ2v) is 5.73. The molecule has 0 bridgehead atoms. The normalized spacial score (nSPS) is 15.4. The molecule has 4 heteroatoms. The molecule has 1 aliphatic heterocycles. The van der Waals surface area contributed by atoms with E-state index in [0.29, 0.717) is 0 Å². The molecule has 22 heavy (non-hydrogen) atoms. The molecule has 4 nitrogen and oxygen atoms in total. The molecule has 0 aliphatic carbocycles. The van der Waals surface area contributed by atoms with Gasteiger partial charge in [0, 0.05) is 50.5 Å². The Kier molecular flexibility index (Phi) is 3.52. The standard InChI is InChI=1S/C18H20N4/c1-2-4-15(5-3-1)14-22-11-7-16-17(22)6-8-20-18(16)21-12-9-19-10-13-21/h1-8,11,19H,9-10,12-14H2. The van der Waals surface area contributed by atoms with E-state index in [-0.39, 0.29) is 0 Å². The number of piperazine rings is 1. The zero-order chi connectivity index (χ0) is 14.8. The van der Waals surface area contributed by atoms with E-state index >= 15 is 0 Å². The third kappa shape index (κ3) is 2.46. The maximum absolute atomic E-state index is 4.64. The molecule has 0 saturated carbocycles. The molecule has 1 fully saturated rings. The van der Waals surface area contributed by atoms with Crippen molar-refractivity contribution in [2.24, 2.45) is 0 Å². The smallest absolute Gasteiger partial charge is 0.138 e. The molecule has 1 N–H and O–H groups in total. The van der Waals surface area contributed by atoms with Crippen LogP contribution in [-0.2, 0) is 6.54 Å². The molecule has 3 heterocycles. The summed E-state index contributed by atoms with van der Waals surface area (Å²) in [7, 11) is 0. The van der Waals surface area contributed by atoms with Crippen LogP contribution in [0.25, 0.3) is 10.9 Å². The van der Waals surface area contributed by atoms with Gasteiger partial charge < -0.3 is 14.8 Å². The van der Waals surface area contributed by atoms with Crippen LogP contribution in [0, 0.1) is 0 Å². The van der Waals surface area contributed by atoms with E-state index in [0.717, 1.165) is 38.5 Å². The third-order valence-corrected chi connectivity index (χ3v) is 4.29. The van der Waals surface area contributed by atoms with Gasteiger partial charge in [-0.25, -0.2) is 4.98 Å². The van der Waals surface area contributed by atoms with Gasteiger partial charge in [0.1, 0.15) is 5.82 Å². The van der Waals surface area contributed by atoms with E-state index in [1.54, 1.807) is 0 Å². The van der Waals surface area contributed by atoms with E-state index < -0.39 is 0 Å². The average Bonchev–Trinajstić information content (AvgIpc) is 3.00. The molecular weight excluding hydrogens is 272 g/mol. The Balaban J connectivity index is 1.70. The quantitative estimate of drug-likeness (QED) is 0.805. The molecule has 0 spiro atoms. The van der Waals surface area contributed by atoms with Crippen molar-refractivity contribution in [3.8, 4) is 0 Å². The minimum Gasteiger partial charge on any atom is -0.354 e. The minimum absolute atomic E-state index is 0.898. The van der Waals surface area contributed by atoms with Crippen LogP contribution in [0.5, 0.6) is 0 Å². The van der Waals surface area contributed by atoms with Gasteiger partial charge >= 0.3 is 0 Å². The van der Waals surface area contributed by atoms with E-state index in [4.69, 9.17) is 0 Å². The van der Waals surface area contributed by atoms with Crippen molar-refractivity contribution in [3.63, 3.8) is 0 Å². The number of hydrogen-bond donors (Lipinski definition) is 1. The number of nitrogens with one attached hydrogen (secondary N) is 1. The first-order chi connectivity index (χ1) is 10.9. The molecule has 0 unspecified atom stereocenters. The summed E-state index contributed by atoms with van der Waals surface area (Å²) in [5, 5.41) is 4.65. The fourth-order valence-electron chi connectivity index (χ4n) is 3.15. The van der Waals surface area contributed by atoms with Crippen molar-refractivity contribution in [3.05, 3.63) is 60.4 Å². The number of anilines is 1. The Hall–Kier alpha value is -2.33. The molecule has 0 amide bonds. The Morgan fingerprint density at radius 3 is 2.64 bits per heavy atom. The second kappa shape index (κ2) is 5.81. The zero-order valence-electron chi connectivity index (χ0n) is 12.6. The van der Waals surface area contributed by atoms with Crippen LogP contribution in [0.3, 0.4) is 0 Å². The SMILES string of the molecule is c1ccc(Cn2ccc3c(N4CCNCC4)nccc32)cc1. The summed E-state index contributed by atoms with van der Waals surface area (Å²) in [6, 6.07) is 14.9. The van der Waals surface area contributed by atoms with E-state index in [2.05, 4.69) is 68.4 Å². The first-order valence-electron chi connectivity index (χ1n) is 7.85. The van der Waals surface area contributed by atoms with Gasteiger partial charge in [-0.3, -0.25) is 0 Å². The van der Waals surface area contributed by atoms with E-state index in [1.807, 2.05) is 6.20 Å². The molecule has 4 rings (SSSR count). The molecule has 1 aliphatic rings. The molecule has 1 saturated heterocycles. The van der Waals surface area contributed by atoms with Gasteiger partial charge in [0.15, 0.2) is 0 Å². The van der Waals surface area contributed by atoms with Crippen molar-refractivity contribution in [2.45, 2.75) is 6.54 Å². The maximum Gasteiger partial charge on any atom is 0.138 e. The maximum atomic E-state index is 4.64. The summed E-state index contributed by atoms with van der Waals surface area (Å²) in [6.45, 7) is 5.01. The molecule has 0 atom stereocenters. The van der Waals surface area contributed by atoms with Gasteiger partial charge in [0.05, 0.1) is 5.52 Å². The van der Waals surface area contributed by atoms with Gasteiger partial charge in [-0.05, 0) is 17.7 Å². The van der Waals surface area contributed by atoms with Gasteiger partial charge in [-0.15, -0.1) is 0 Å². The first-order valence-corrected chi connectivity index (χ1v) is 7.85. The van der Waals surface area contributed by atoms with Gasteiger partial charge in [0.2, 0.25) is 0 Å². The van der Waals surface area contributed by atoms with Crippen molar-refractivity contribution < 1.29 is 0 Å². The molecule has 3 aromatic rings. The highest BCUT2D eigenvalue weighted by Crippen LogP contribution is 2.26. The lowest BCUT2D eigenvalue weighted by molar-refractivity contribution is 0.586. The number of aromatic nitrogens is 2.